The summed E-state index contributed by atoms with van der Waals surface area (Å²) in [5, 5.41) is 4.43. The zero-order valence-electron chi connectivity index (χ0n) is 9.34. The minimum atomic E-state index is 0.445. The molecule has 1 heterocycles. The summed E-state index contributed by atoms with van der Waals surface area (Å²) in [6.07, 6.45) is 1.81. The standard InChI is InChI=1S/C12H12BrClN2O/c1-2-3-9-11(17-16-12(9)15)8-5-4-7(13)6-10(8)14/h4-6H,2-3H2,1H3,(H2,15,16). The van der Waals surface area contributed by atoms with Gasteiger partial charge in [0.15, 0.2) is 11.6 Å². The van der Waals surface area contributed by atoms with Crippen LogP contribution in [0.3, 0.4) is 0 Å². The molecule has 2 N–H and O–H groups in total. The second-order valence-corrected chi connectivity index (χ2v) is 5.07. The highest BCUT2D eigenvalue weighted by Crippen LogP contribution is 2.35. The lowest BCUT2D eigenvalue weighted by atomic mass is 10.1. The Morgan fingerprint density at radius 2 is 2.24 bits per heavy atom. The van der Waals surface area contributed by atoms with Crippen molar-refractivity contribution in [2.75, 3.05) is 5.73 Å². The van der Waals surface area contributed by atoms with Crippen molar-refractivity contribution in [1.29, 1.82) is 0 Å². The van der Waals surface area contributed by atoms with E-state index in [0.717, 1.165) is 28.4 Å². The smallest absolute Gasteiger partial charge is 0.173 e. The van der Waals surface area contributed by atoms with E-state index in [4.69, 9.17) is 21.9 Å². The molecule has 0 atom stereocenters. The summed E-state index contributed by atoms with van der Waals surface area (Å²) < 4.78 is 6.21. The number of aromatic nitrogens is 1. The van der Waals surface area contributed by atoms with Gasteiger partial charge in [-0.05, 0) is 24.6 Å². The van der Waals surface area contributed by atoms with Crippen LogP contribution in [0, 0.1) is 0 Å². The molecule has 0 saturated carbocycles. The minimum Gasteiger partial charge on any atom is -0.381 e. The first kappa shape index (κ1) is 12.5. The number of nitrogens with two attached hydrogens (primary N) is 1. The quantitative estimate of drug-likeness (QED) is 0.919. The van der Waals surface area contributed by atoms with Crippen molar-refractivity contribution in [3.8, 4) is 11.3 Å². The van der Waals surface area contributed by atoms with Crippen molar-refractivity contribution in [3.63, 3.8) is 0 Å². The molecule has 0 unspecified atom stereocenters. The van der Waals surface area contributed by atoms with Gasteiger partial charge in [0.25, 0.3) is 0 Å². The Morgan fingerprint density at radius 3 is 2.88 bits per heavy atom. The molecule has 0 saturated heterocycles. The molecule has 1 aromatic heterocycles. The summed E-state index contributed by atoms with van der Waals surface area (Å²) in [5.74, 6) is 1.11. The van der Waals surface area contributed by atoms with E-state index < -0.39 is 0 Å². The zero-order chi connectivity index (χ0) is 12.4. The van der Waals surface area contributed by atoms with E-state index >= 15 is 0 Å². The summed E-state index contributed by atoms with van der Waals surface area (Å²) >= 11 is 9.55. The first-order valence-corrected chi connectivity index (χ1v) is 6.50. The molecule has 2 aromatic rings. The molecular weight excluding hydrogens is 304 g/mol. The Balaban J connectivity index is 2.52. The first-order valence-electron chi connectivity index (χ1n) is 5.33. The maximum absolute atomic E-state index is 6.19. The third-order valence-electron chi connectivity index (χ3n) is 2.49. The van der Waals surface area contributed by atoms with E-state index in [1.807, 2.05) is 18.2 Å². The zero-order valence-corrected chi connectivity index (χ0v) is 11.7. The average molecular weight is 316 g/mol. The molecule has 0 aliphatic carbocycles. The average Bonchev–Trinajstić information content (AvgIpc) is 2.62. The highest BCUT2D eigenvalue weighted by molar-refractivity contribution is 9.10. The van der Waals surface area contributed by atoms with Crippen molar-refractivity contribution < 1.29 is 4.52 Å². The molecule has 2 rings (SSSR count). The van der Waals surface area contributed by atoms with Crippen LogP contribution < -0.4 is 5.73 Å². The predicted octanol–water partition coefficient (Wildman–Crippen LogP) is 4.29. The van der Waals surface area contributed by atoms with Gasteiger partial charge in [-0.3, -0.25) is 0 Å². The molecule has 0 fully saturated rings. The molecule has 5 heteroatoms. The van der Waals surface area contributed by atoms with Crippen LogP contribution in [-0.2, 0) is 6.42 Å². The molecule has 0 aliphatic heterocycles. The first-order chi connectivity index (χ1) is 8.13. The molecule has 0 bridgehead atoms. The largest absolute Gasteiger partial charge is 0.381 e. The van der Waals surface area contributed by atoms with Crippen LogP contribution in [0.1, 0.15) is 18.9 Å². The Kier molecular flexibility index (Phi) is 3.74. The molecule has 17 heavy (non-hydrogen) atoms. The number of hydrogen-bond donors (Lipinski definition) is 1. The van der Waals surface area contributed by atoms with Gasteiger partial charge in [0.2, 0.25) is 0 Å². The van der Waals surface area contributed by atoms with E-state index in [9.17, 15) is 0 Å². The second-order valence-electron chi connectivity index (χ2n) is 3.75. The number of halogens is 2. The molecule has 90 valence electrons. The van der Waals surface area contributed by atoms with Gasteiger partial charge in [0.05, 0.1) is 5.02 Å². The molecular formula is C12H12BrClN2O. The number of nitrogens with zero attached hydrogens (tertiary/aromatic N) is 1. The molecule has 0 amide bonds. The maximum atomic E-state index is 6.19. The van der Waals surface area contributed by atoms with E-state index in [1.54, 1.807) is 0 Å². The summed E-state index contributed by atoms with van der Waals surface area (Å²) in [4.78, 5) is 0. The molecule has 0 radical (unpaired) electrons. The van der Waals surface area contributed by atoms with Gasteiger partial charge < -0.3 is 10.3 Å². The van der Waals surface area contributed by atoms with Crippen LogP contribution in [0.25, 0.3) is 11.3 Å². The molecule has 1 aromatic carbocycles. The van der Waals surface area contributed by atoms with Crippen molar-refractivity contribution in [3.05, 3.63) is 33.3 Å². The fourth-order valence-corrected chi connectivity index (χ4v) is 2.46. The van der Waals surface area contributed by atoms with Gasteiger partial charge >= 0.3 is 0 Å². The van der Waals surface area contributed by atoms with E-state index in [0.29, 0.717) is 16.6 Å². The third kappa shape index (κ3) is 2.48. The van der Waals surface area contributed by atoms with Gasteiger partial charge in [-0.1, -0.05) is 46.0 Å². The van der Waals surface area contributed by atoms with Gasteiger partial charge in [0.1, 0.15) is 0 Å². The van der Waals surface area contributed by atoms with Crippen molar-refractivity contribution >= 4 is 33.3 Å². The van der Waals surface area contributed by atoms with Gasteiger partial charge in [-0.25, -0.2) is 0 Å². The lowest BCUT2D eigenvalue weighted by molar-refractivity contribution is 0.435. The fourth-order valence-electron chi connectivity index (χ4n) is 1.70. The highest BCUT2D eigenvalue weighted by atomic mass is 79.9. The van der Waals surface area contributed by atoms with Crippen LogP contribution in [0.15, 0.2) is 27.2 Å². The number of rotatable bonds is 3. The lowest BCUT2D eigenvalue weighted by Gasteiger charge is -2.03. The van der Waals surface area contributed by atoms with Crippen molar-refractivity contribution in [2.24, 2.45) is 0 Å². The monoisotopic (exact) mass is 314 g/mol. The predicted molar refractivity (Wildman–Crippen MR) is 73.1 cm³/mol. The van der Waals surface area contributed by atoms with Crippen LogP contribution in [0.2, 0.25) is 5.02 Å². The summed E-state index contributed by atoms with van der Waals surface area (Å²) in [5.41, 5.74) is 7.54. The fraction of sp³-hybridized carbons (Fsp3) is 0.250. The highest BCUT2D eigenvalue weighted by Gasteiger charge is 2.17. The number of hydrogen-bond acceptors (Lipinski definition) is 3. The topological polar surface area (TPSA) is 52.0 Å². The van der Waals surface area contributed by atoms with Crippen LogP contribution in [0.4, 0.5) is 5.82 Å². The Morgan fingerprint density at radius 1 is 1.47 bits per heavy atom. The van der Waals surface area contributed by atoms with Crippen LogP contribution >= 0.6 is 27.5 Å². The van der Waals surface area contributed by atoms with Crippen molar-refractivity contribution in [2.45, 2.75) is 19.8 Å². The van der Waals surface area contributed by atoms with E-state index in [1.165, 1.54) is 0 Å². The van der Waals surface area contributed by atoms with Gasteiger partial charge in [-0.15, -0.1) is 0 Å². The number of nitrogen functional groups attached to an aromatic ring is 1. The van der Waals surface area contributed by atoms with Crippen LogP contribution in [0.5, 0.6) is 0 Å². The van der Waals surface area contributed by atoms with Gasteiger partial charge in [0, 0.05) is 15.6 Å². The number of benzene rings is 1. The Labute approximate surface area is 113 Å². The lowest BCUT2D eigenvalue weighted by Crippen LogP contribution is -1.92. The third-order valence-corrected chi connectivity index (χ3v) is 3.30. The summed E-state index contributed by atoms with van der Waals surface area (Å²) in [7, 11) is 0. The normalized spacial score (nSPS) is 10.8. The van der Waals surface area contributed by atoms with E-state index in [-0.39, 0.29) is 0 Å². The van der Waals surface area contributed by atoms with Crippen LogP contribution in [-0.4, -0.2) is 5.16 Å². The number of anilines is 1. The van der Waals surface area contributed by atoms with E-state index in [2.05, 4.69) is 28.0 Å². The minimum absolute atomic E-state index is 0.445. The molecule has 0 spiro atoms. The summed E-state index contributed by atoms with van der Waals surface area (Å²) in [6.45, 7) is 2.08. The molecule has 3 nitrogen and oxygen atoms in total. The summed E-state index contributed by atoms with van der Waals surface area (Å²) in [6, 6.07) is 5.63. The molecule has 0 aliphatic rings. The van der Waals surface area contributed by atoms with Crippen molar-refractivity contribution in [1.82, 2.24) is 5.16 Å². The van der Waals surface area contributed by atoms with Gasteiger partial charge in [-0.2, -0.15) is 0 Å². The maximum Gasteiger partial charge on any atom is 0.173 e. The second kappa shape index (κ2) is 5.10. The Hall–Kier alpha value is -1.000. The SMILES string of the molecule is CCCc1c(N)noc1-c1ccc(Br)cc1Cl. The Bertz CT molecular complexity index is 539.